The summed E-state index contributed by atoms with van der Waals surface area (Å²) in [6.45, 7) is 3.97. The Labute approximate surface area is 83.6 Å². The molecule has 0 aromatic heterocycles. The Morgan fingerprint density at radius 1 is 1.43 bits per heavy atom. The zero-order chi connectivity index (χ0) is 10.7. The summed E-state index contributed by atoms with van der Waals surface area (Å²) < 4.78 is 13.5. The number of hydrogen-bond donors (Lipinski definition) is 0. The number of nitriles is 1. The first-order chi connectivity index (χ1) is 6.56. The average Bonchev–Trinajstić information content (AvgIpc) is 2.16. The summed E-state index contributed by atoms with van der Waals surface area (Å²) in [6.07, 6.45) is 0. The molecule has 0 bridgehead atoms. The molecule has 0 amide bonds. The van der Waals surface area contributed by atoms with Gasteiger partial charge in [-0.25, -0.2) is 4.39 Å². The molecular formula is C11H13FN2. The summed E-state index contributed by atoms with van der Waals surface area (Å²) in [5, 5.41) is 8.57. The summed E-state index contributed by atoms with van der Waals surface area (Å²) in [7, 11) is 1.83. The van der Waals surface area contributed by atoms with Crippen molar-refractivity contribution >= 4 is 5.69 Å². The van der Waals surface area contributed by atoms with Crippen molar-refractivity contribution < 1.29 is 4.39 Å². The van der Waals surface area contributed by atoms with Crippen LogP contribution in [0.25, 0.3) is 0 Å². The van der Waals surface area contributed by atoms with E-state index in [0.717, 1.165) is 0 Å². The van der Waals surface area contributed by atoms with E-state index in [-0.39, 0.29) is 11.9 Å². The molecule has 1 rings (SSSR count). The van der Waals surface area contributed by atoms with Crippen LogP contribution in [-0.2, 0) is 0 Å². The van der Waals surface area contributed by atoms with Crippen LogP contribution in [0.5, 0.6) is 0 Å². The first kappa shape index (κ1) is 10.5. The Balaban J connectivity index is 3.07. The minimum absolute atomic E-state index is 0.234. The van der Waals surface area contributed by atoms with Gasteiger partial charge in [-0.3, -0.25) is 0 Å². The van der Waals surface area contributed by atoms with E-state index in [9.17, 15) is 4.39 Å². The molecule has 0 saturated heterocycles. The lowest BCUT2D eigenvalue weighted by Crippen LogP contribution is -2.26. The molecule has 74 valence electrons. The van der Waals surface area contributed by atoms with E-state index in [0.29, 0.717) is 11.3 Å². The van der Waals surface area contributed by atoms with E-state index in [2.05, 4.69) is 0 Å². The Morgan fingerprint density at radius 3 is 2.50 bits per heavy atom. The van der Waals surface area contributed by atoms with E-state index in [1.54, 1.807) is 12.1 Å². The molecular weight excluding hydrogens is 179 g/mol. The van der Waals surface area contributed by atoms with Crippen molar-refractivity contribution in [3.05, 3.63) is 29.6 Å². The SMILES string of the molecule is CC(C)N(C)c1ccc(C#N)cc1F. The van der Waals surface area contributed by atoms with Crippen LogP contribution >= 0.6 is 0 Å². The van der Waals surface area contributed by atoms with E-state index in [1.807, 2.05) is 31.9 Å². The van der Waals surface area contributed by atoms with Gasteiger partial charge in [0.05, 0.1) is 17.3 Å². The van der Waals surface area contributed by atoms with Crippen LogP contribution in [0.4, 0.5) is 10.1 Å². The van der Waals surface area contributed by atoms with Crippen molar-refractivity contribution in [2.75, 3.05) is 11.9 Å². The highest BCUT2D eigenvalue weighted by Crippen LogP contribution is 2.20. The van der Waals surface area contributed by atoms with Crippen molar-refractivity contribution in [2.45, 2.75) is 19.9 Å². The summed E-state index contributed by atoms with van der Waals surface area (Å²) in [4.78, 5) is 1.83. The van der Waals surface area contributed by atoms with Crippen molar-refractivity contribution in [1.82, 2.24) is 0 Å². The molecule has 0 aliphatic carbocycles. The van der Waals surface area contributed by atoms with Crippen molar-refractivity contribution in [2.24, 2.45) is 0 Å². The number of benzene rings is 1. The Kier molecular flexibility index (Phi) is 3.08. The summed E-state index contributed by atoms with van der Waals surface area (Å²) in [5.74, 6) is -0.347. The summed E-state index contributed by atoms with van der Waals surface area (Å²) >= 11 is 0. The van der Waals surface area contributed by atoms with Gasteiger partial charge < -0.3 is 4.90 Å². The minimum Gasteiger partial charge on any atom is -0.370 e. The maximum atomic E-state index is 13.5. The summed E-state index contributed by atoms with van der Waals surface area (Å²) in [6, 6.07) is 6.65. The zero-order valence-electron chi connectivity index (χ0n) is 8.58. The van der Waals surface area contributed by atoms with Crippen LogP contribution in [0.15, 0.2) is 18.2 Å². The Bertz CT molecular complexity index is 366. The molecule has 0 aliphatic heterocycles. The number of nitrogens with zero attached hydrogens (tertiary/aromatic N) is 2. The predicted molar refractivity (Wildman–Crippen MR) is 54.7 cm³/mol. The average molecular weight is 192 g/mol. The fraction of sp³-hybridized carbons (Fsp3) is 0.364. The largest absolute Gasteiger partial charge is 0.370 e. The Morgan fingerprint density at radius 2 is 2.07 bits per heavy atom. The number of anilines is 1. The first-order valence-corrected chi connectivity index (χ1v) is 4.48. The Hall–Kier alpha value is -1.56. The second-order valence-corrected chi connectivity index (χ2v) is 3.48. The predicted octanol–water partition coefficient (Wildman–Crippen LogP) is 2.54. The minimum atomic E-state index is -0.347. The van der Waals surface area contributed by atoms with Crippen LogP contribution in [0.2, 0.25) is 0 Å². The third kappa shape index (κ3) is 2.02. The monoisotopic (exact) mass is 192 g/mol. The number of rotatable bonds is 2. The van der Waals surface area contributed by atoms with Crippen LogP contribution < -0.4 is 4.90 Å². The normalized spacial score (nSPS) is 10.0. The van der Waals surface area contributed by atoms with E-state index >= 15 is 0 Å². The molecule has 1 aromatic carbocycles. The van der Waals surface area contributed by atoms with Gasteiger partial charge in [-0.1, -0.05) is 0 Å². The van der Waals surface area contributed by atoms with Crippen LogP contribution in [0.1, 0.15) is 19.4 Å². The van der Waals surface area contributed by atoms with E-state index in [4.69, 9.17) is 5.26 Å². The van der Waals surface area contributed by atoms with Crippen molar-refractivity contribution in [3.8, 4) is 6.07 Å². The first-order valence-electron chi connectivity index (χ1n) is 4.48. The molecule has 14 heavy (non-hydrogen) atoms. The highest BCUT2D eigenvalue weighted by atomic mass is 19.1. The number of halogens is 1. The van der Waals surface area contributed by atoms with Gasteiger partial charge in [0, 0.05) is 13.1 Å². The zero-order valence-corrected chi connectivity index (χ0v) is 8.58. The van der Waals surface area contributed by atoms with Gasteiger partial charge in [-0.2, -0.15) is 5.26 Å². The van der Waals surface area contributed by atoms with Crippen LogP contribution in [-0.4, -0.2) is 13.1 Å². The molecule has 3 heteroatoms. The van der Waals surface area contributed by atoms with Crippen molar-refractivity contribution in [3.63, 3.8) is 0 Å². The van der Waals surface area contributed by atoms with Gasteiger partial charge in [0.1, 0.15) is 5.82 Å². The molecule has 0 heterocycles. The lowest BCUT2D eigenvalue weighted by Gasteiger charge is -2.24. The molecule has 0 saturated carbocycles. The molecule has 0 N–H and O–H groups in total. The lowest BCUT2D eigenvalue weighted by molar-refractivity contribution is 0.613. The van der Waals surface area contributed by atoms with Gasteiger partial charge in [-0.05, 0) is 32.0 Å². The van der Waals surface area contributed by atoms with E-state index in [1.165, 1.54) is 6.07 Å². The lowest BCUT2D eigenvalue weighted by atomic mass is 10.2. The fourth-order valence-corrected chi connectivity index (χ4v) is 1.14. The molecule has 0 atom stereocenters. The molecule has 0 aliphatic rings. The second-order valence-electron chi connectivity index (χ2n) is 3.48. The maximum Gasteiger partial charge on any atom is 0.147 e. The molecule has 0 unspecified atom stereocenters. The van der Waals surface area contributed by atoms with Gasteiger partial charge in [0.25, 0.3) is 0 Å². The van der Waals surface area contributed by atoms with E-state index < -0.39 is 0 Å². The van der Waals surface area contributed by atoms with Gasteiger partial charge >= 0.3 is 0 Å². The van der Waals surface area contributed by atoms with Gasteiger partial charge in [0.15, 0.2) is 0 Å². The third-order valence-corrected chi connectivity index (χ3v) is 2.23. The smallest absolute Gasteiger partial charge is 0.147 e. The van der Waals surface area contributed by atoms with Crippen LogP contribution in [0, 0.1) is 17.1 Å². The number of hydrogen-bond acceptors (Lipinski definition) is 2. The maximum absolute atomic E-state index is 13.5. The molecule has 0 fully saturated rings. The van der Waals surface area contributed by atoms with Crippen molar-refractivity contribution in [1.29, 1.82) is 5.26 Å². The highest BCUT2D eigenvalue weighted by molar-refractivity contribution is 5.51. The topological polar surface area (TPSA) is 27.0 Å². The van der Waals surface area contributed by atoms with Gasteiger partial charge in [0.2, 0.25) is 0 Å². The molecule has 0 spiro atoms. The molecule has 0 radical (unpaired) electrons. The quantitative estimate of drug-likeness (QED) is 0.720. The summed E-state index contributed by atoms with van der Waals surface area (Å²) in [5.41, 5.74) is 0.877. The molecule has 1 aromatic rings. The third-order valence-electron chi connectivity index (χ3n) is 2.23. The molecule has 2 nitrogen and oxygen atoms in total. The fourth-order valence-electron chi connectivity index (χ4n) is 1.14. The van der Waals surface area contributed by atoms with Gasteiger partial charge in [-0.15, -0.1) is 0 Å². The standard InChI is InChI=1S/C11H13FN2/c1-8(2)14(3)11-5-4-9(7-13)6-10(11)12/h4-6,8H,1-3H3. The van der Waals surface area contributed by atoms with Crippen LogP contribution in [0.3, 0.4) is 0 Å². The highest BCUT2D eigenvalue weighted by Gasteiger charge is 2.10. The second kappa shape index (κ2) is 4.10.